The molecular formula is C19H20F2O2. The van der Waals surface area contributed by atoms with Crippen molar-refractivity contribution < 1.29 is 18.3 Å². The van der Waals surface area contributed by atoms with Crippen LogP contribution in [0.2, 0.25) is 0 Å². The number of halogens is 2. The summed E-state index contributed by atoms with van der Waals surface area (Å²) in [6, 6.07) is 7.14. The van der Waals surface area contributed by atoms with Crippen molar-refractivity contribution in [1.82, 2.24) is 0 Å². The summed E-state index contributed by atoms with van der Waals surface area (Å²) in [5.41, 5.74) is 1.35. The van der Waals surface area contributed by atoms with Crippen molar-refractivity contribution >= 4 is 17.1 Å². The van der Waals surface area contributed by atoms with Crippen LogP contribution < -0.4 is 0 Å². The summed E-state index contributed by atoms with van der Waals surface area (Å²) in [6.07, 6.45) is 1.23. The van der Waals surface area contributed by atoms with Crippen LogP contribution in [-0.2, 0) is 9.53 Å². The smallest absolute Gasteiger partial charge is 0.267 e. The maximum absolute atomic E-state index is 13.9. The molecule has 4 heteroatoms. The van der Waals surface area contributed by atoms with Gasteiger partial charge in [0.15, 0.2) is 5.78 Å². The molecule has 1 aromatic carbocycles. The van der Waals surface area contributed by atoms with Crippen LogP contribution in [-0.4, -0.2) is 17.3 Å². The van der Waals surface area contributed by atoms with Gasteiger partial charge in [-0.15, -0.1) is 0 Å². The van der Waals surface area contributed by atoms with E-state index >= 15 is 0 Å². The van der Waals surface area contributed by atoms with Gasteiger partial charge in [-0.25, -0.2) is 8.78 Å². The van der Waals surface area contributed by atoms with Gasteiger partial charge in [0.05, 0.1) is 0 Å². The molecule has 0 N–H and O–H groups in total. The van der Waals surface area contributed by atoms with E-state index in [0.29, 0.717) is 29.7 Å². The zero-order valence-corrected chi connectivity index (χ0v) is 13.8. The summed E-state index contributed by atoms with van der Waals surface area (Å²) < 4.78 is 33.8. The Morgan fingerprint density at radius 2 is 1.83 bits per heavy atom. The number of Topliss-reactive ketones (excluding diaryl/α,β-unsaturated/α-hetero) is 1. The van der Waals surface area contributed by atoms with Crippen molar-refractivity contribution in [1.29, 1.82) is 0 Å². The van der Waals surface area contributed by atoms with Crippen LogP contribution in [0, 0.1) is 0 Å². The topological polar surface area (TPSA) is 26.3 Å². The molecule has 0 fully saturated rings. The fourth-order valence-electron chi connectivity index (χ4n) is 3.13. The van der Waals surface area contributed by atoms with E-state index in [9.17, 15) is 13.6 Å². The lowest BCUT2D eigenvalue weighted by Gasteiger charge is -2.37. The van der Waals surface area contributed by atoms with Crippen molar-refractivity contribution in [3.63, 3.8) is 0 Å². The summed E-state index contributed by atoms with van der Waals surface area (Å²) in [7, 11) is 0. The van der Waals surface area contributed by atoms with Gasteiger partial charge in [-0.05, 0) is 39.2 Å². The van der Waals surface area contributed by atoms with Gasteiger partial charge in [-0.3, -0.25) is 4.79 Å². The van der Waals surface area contributed by atoms with Crippen LogP contribution in [0.3, 0.4) is 0 Å². The first kappa shape index (κ1) is 15.9. The van der Waals surface area contributed by atoms with Gasteiger partial charge in [-0.1, -0.05) is 24.3 Å². The summed E-state index contributed by atoms with van der Waals surface area (Å²) in [6.45, 7) is 6.11. The normalized spacial score (nSPS) is 22.3. The minimum Gasteiger partial charge on any atom is -0.487 e. The maximum atomic E-state index is 13.9. The number of fused-ring (bicyclic) bond motifs is 2. The first-order chi connectivity index (χ1) is 10.6. The molecule has 0 unspecified atom stereocenters. The number of allylic oxidation sites excluding steroid dienone is 3. The second-order valence-corrected chi connectivity index (χ2v) is 6.93. The van der Waals surface area contributed by atoms with Gasteiger partial charge in [0.25, 0.3) is 5.92 Å². The quantitative estimate of drug-likeness (QED) is 0.681. The van der Waals surface area contributed by atoms with E-state index in [-0.39, 0.29) is 22.5 Å². The van der Waals surface area contributed by atoms with Crippen molar-refractivity contribution in [2.45, 2.75) is 52.1 Å². The lowest BCUT2D eigenvalue weighted by molar-refractivity contribution is -0.111. The Balaban J connectivity index is 2.28. The number of hydrogen-bond acceptors (Lipinski definition) is 2. The molecule has 0 radical (unpaired) electrons. The third-order valence-corrected chi connectivity index (χ3v) is 4.61. The lowest BCUT2D eigenvalue weighted by atomic mass is 9.78. The minimum absolute atomic E-state index is 0.121. The molecular weight excluding hydrogens is 298 g/mol. The van der Waals surface area contributed by atoms with Crippen LogP contribution in [0.25, 0.3) is 11.3 Å². The summed E-state index contributed by atoms with van der Waals surface area (Å²) in [5, 5.41) is 0. The third-order valence-electron chi connectivity index (χ3n) is 4.61. The molecule has 0 atom stereocenters. The van der Waals surface area contributed by atoms with Gasteiger partial charge in [0.2, 0.25) is 0 Å². The molecule has 1 aliphatic carbocycles. The predicted octanol–water partition coefficient (Wildman–Crippen LogP) is 5.00. The summed E-state index contributed by atoms with van der Waals surface area (Å²) in [5.74, 6) is -2.81. The highest BCUT2D eigenvalue weighted by Crippen LogP contribution is 2.46. The number of ketones is 1. The van der Waals surface area contributed by atoms with E-state index in [1.807, 2.05) is 26.0 Å². The fraction of sp³-hybridized carbons (Fsp3) is 0.421. The monoisotopic (exact) mass is 318 g/mol. The number of ether oxygens (including phenoxy) is 1. The van der Waals surface area contributed by atoms with Crippen molar-refractivity contribution in [2.24, 2.45) is 0 Å². The first-order valence-electron chi connectivity index (χ1n) is 7.77. The highest BCUT2D eigenvalue weighted by atomic mass is 19.3. The number of benzene rings is 1. The number of alkyl halides is 2. The van der Waals surface area contributed by atoms with E-state index in [2.05, 4.69) is 0 Å². The molecule has 0 aromatic heterocycles. The highest BCUT2D eigenvalue weighted by Gasteiger charge is 2.40. The Morgan fingerprint density at radius 1 is 1.22 bits per heavy atom. The summed E-state index contributed by atoms with van der Waals surface area (Å²) in [4.78, 5) is 12.9. The standard InChI is InChI=1S/C19H20F2O2/c1-11(19(4,20)21)15-12-7-5-6-8-13(12)17-14(16(15)22)9-10-18(2,3)23-17/h5-8H,9-10H2,1-4H3/b15-11-. The van der Waals surface area contributed by atoms with Gasteiger partial charge >= 0.3 is 0 Å². The van der Waals surface area contributed by atoms with E-state index in [0.717, 1.165) is 12.5 Å². The Hall–Kier alpha value is -1.97. The lowest BCUT2D eigenvalue weighted by Crippen LogP contribution is -2.32. The maximum Gasteiger partial charge on any atom is 0.267 e. The molecule has 0 saturated heterocycles. The Labute approximate surface area is 134 Å². The van der Waals surface area contributed by atoms with E-state index in [4.69, 9.17) is 4.74 Å². The number of carbonyl (C=O) groups is 1. The average Bonchev–Trinajstić information content (AvgIpc) is 2.45. The Bertz CT molecular complexity index is 749. The molecule has 0 saturated carbocycles. The van der Waals surface area contributed by atoms with Crippen LogP contribution in [0.1, 0.15) is 51.7 Å². The molecule has 1 aliphatic heterocycles. The van der Waals surface area contributed by atoms with E-state index in [1.165, 1.54) is 6.92 Å². The Kier molecular flexibility index (Phi) is 3.47. The minimum atomic E-state index is -3.04. The second-order valence-electron chi connectivity index (χ2n) is 6.93. The van der Waals surface area contributed by atoms with E-state index in [1.54, 1.807) is 12.1 Å². The molecule has 0 spiro atoms. The second kappa shape index (κ2) is 5.02. The molecule has 3 rings (SSSR count). The van der Waals surface area contributed by atoms with Crippen molar-refractivity contribution in [3.8, 4) is 0 Å². The fourth-order valence-corrected chi connectivity index (χ4v) is 3.13. The Morgan fingerprint density at radius 3 is 2.43 bits per heavy atom. The molecule has 1 heterocycles. The van der Waals surface area contributed by atoms with Gasteiger partial charge < -0.3 is 4.74 Å². The molecule has 122 valence electrons. The number of hydrogen-bond donors (Lipinski definition) is 0. The van der Waals surface area contributed by atoms with Crippen LogP contribution in [0.15, 0.2) is 35.4 Å². The molecule has 0 amide bonds. The average molecular weight is 318 g/mol. The van der Waals surface area contributed by atoms with Crippen molar-refractivity contribution in [3.05, 3.63) is 46.5 Å². The highest BCUT2D eigenvalue weighted by molar-refractivity contribution is 6.34. The molecule has 2 nitrogen and oxygen atoms in total. The molecule has 2 aliphatic rings. The van der Waals surface area contributed by atoms with E-state index < -0.39 is 5.92 Å². The molecule has 0 bridgehead atoms. The molecule has 23 heavy (non-hydrogen) atoms. The van der Waals surface area contributed by atoms with Crippen LogP contribution in [0.4, 0.5) is 8.78 Å². The number of rotatable bonds is 1. The first-order valence-corrected chi connectivity index (χ1v) is 7.77. The van der Waals surface area contributed by atoms with Crippen LogP contribution in [0.5, 0.6) is 0 Å². The summed E-state index contributed by atoms with van der Waals surface area (Å²) >= 11 is 0. The van der Waals surface area contributed by atoms with Gasteiger partial charge in [-0.2, -0.15) is 0 Å². The van der Waals surface area contributed by atoms with Gasteiger partial charge in [0, 0.05) is 29.2 Å². The van der Waals surface area contributed by atoms with Gasteiger partial charge in [0.1, 0.15) is 11.4 Å². The zero-order valence-electron chi connectivity index (χ0n) is 13.8. The van der Waals surface area contributed by atoms with Crippen molar-refractivity contribution in [2.75, 3.05) is 0 Å². The zero-order chi connectivity index (χ0) is 17.0. The largest absolute Gasteiger partial charge is 0.487 e. The van der Waals surface area contributed by atoms with Crippen LogP contribution >= 0.6 is 0 Å². The third kappa shape index (κ3) is 2.60. The predicted molar refractivity (Wildman–Crippen MR) is 86.0 cm³/mol. The SMILES string of the molecule is C/C(=C1/C(=O)C2=C(OC(C)(C)CC2)c2ccccc21)C(C)(F)F. The number of carbonyl (C=O) groups excluding carboxylic acids is 1. The molecule has 1 aromatic rings.